The number of H-pyrrole nitrogens is 1. The van der Waals surface area contributed by atoms with Gasteiger partial charge in [-0.05, 0) is 12.8 Å². The SMILES string of the molecule is O=C1CC(NCc2csc(=O)[nH]2)C(=O)N1C1CCCC1. The first-order valence-electron chi connectivity index (χ1n) is 6.91. The molecule has 1 aliphatic carbocycles. The summed E-state index contributed by atoms with van der Waals surface area (Å²) in [5.41, 5.74) is 0.750. The van der Waals surface area contributed by atoms with Gasteiger partial charge >= 0.3 is 4.87 Å². The van der Waals surface area contributed by atoms with Crippen LogP contribution < -0.4 is 10.2 Å². The zero-order chi connectivity index (χ0) is 14.1. The number of carbonyl (C=O) groups is 2. The van der Waals surface area contributed by atoms with Crippen molar-refractivity contribution in [1.82, 2.24) is 15.2 Å². The fourth-order valence-electron chi connectivity index (χ4n) is 2.99. The molecule has 0 radical (unpaired) electrons. The molecule has 1 atom stereocenters. The largest absolute Gasteiger partial charge is 0.315 e. The second-order valence-corrected chi connectivity index (χ2v) is 6.19. The first-order valence-corrected chi connectivity index (χ1v) is 7.79. The van der Waals surface area contributed by atoms with E-state index in [1.54, 1.807) is 5.38 Å². The number of nitrogens with one attached hydrogen (secondary N) is 2. The van der Waals surface area contributed by atoms with Crippen LogP contribution in [0.5, 0.6) is 0 Å². The molecular formula is C13H17N3O3S. The predicted octanol–water partition coefficient (Wildman–Crippen LogP) is 0.596. The Balaban J connectivity index is 1.62. The number of hydrogen-bond donors (Lipinski definition) is 2. The van der Waals surface area contributed by atoms with E-state index in [9.17, 15) is 14.4 Å². The monoisotopic (exact) mass is 295 g/mol. The number of likely N-dealkylation sites (tertiary alicyclic amines) is 1. The molecule has 2 heterocycles. The Hall–Kier alpha value is -1.47. The molecule has 2 aliphatic rings. The van der Waals surface area contributed by atoms with Crippen molar-refractivity contribution in [1.29, 1.82) is 0 Å². The molecule has 1 saturated heterocycles. The highest BCUT2D eigenvalue weighted by atomic mass is 32.1. The lowest BCUT2D eigenvalue weighted by molar-refractivity contribution is -0.141. The molecular weight excluding hydrogens is 278 g/mol. The van der Waals surface area contributed by atoms with E-state index in [0.717, 1.165) is 42.7 Å². The number of aromatic amines is 1. The fourth-order valence-corrected chi connectivity index (χ4v) is 3.57. The summed E-state index contributed by atoms with van der Waals surface area (Å²) in [7, 11) is 0. The average Bonchev–Trinajstić information content (AvgIpc) is 3.10. The van der Waals surface area contributed by atoms with Crippen molar-refractivity contribution in [2.24, 2.45) is 0 Å². The lowest BCUT2D eigenvalue weighted by Crippen LogP contribution is -2.42. The molecule has 108 valence electrons. The van der Waals surface area contributed by atoms with Crippen LogP contribution in [0.3, 0.4) is 0 Å². The summed E-state index contributed by atoms with van der Waals surface area (Å²) >= 11 is 1.10. The Kier molecular flexibility index (Phi) is 3.71. The van der Waals surface area contributed by atoms with Gasteiger partial charge in [-0.15, -0.1) is 0 Å². The van der Waals surface area contributed by atoms with Gasteiger partial charge in [0.05, 0.1) is 12.5 Å². The van der Waals surface area contributed by atoms with E-state index < -0.39 is 6.04 Å². The standard InChI is InChI=1S/C13H17N3O3S/c17-11-5-10(14-6-8-7-20-13(19)15-8)12(18)16(11)9-3-1-2-4-9/h7,9-10,14H,1-6H2,(H,15,19). The lowest BCUT2D eigenvalue weighted by Gasteiger charge is -2.22. The smallest absolute Gasteiger partial charge is 0.304 e. The maximum Gasteiger partial charge on any atom is 0.304 e. The van der Waals surface area contributed by atoms with Crippen LogP contribution in [-0.4, -0.2) is 33.8 Å². The van der Waals surface area contributed by atoms with Crippen LogP contribution >= 0.6 is 11.3 Å². The number of amides is 2. The third kappa shape index (κ3) is 2.55. The Morgan fingerprint density at radius 3 is 2.70 bits per heavy atom. The number of rotatable bonds is 4. The van der Waals surface area contributed by atoms with Gasteiger partial charge in [-0.1, -0.05) is 24.2 Å². The van der Waals surface area contributed by atoms with Crippen LogP contribution in [0.15, 0.2) is 10.2 Å². The Labute approximate surface area is 120 Å². The summed E-state index contributed by atoms with van der Waals surface area (Å²) in [5, 5.41) is 4.80. The number of aromatic nitrogens is 1. The molecule has 0 aromatic carbocycles. The normalized spacial score (nSPS) is 24.0. The minimum atomic E-state index is -0.452. The molecule has 0 bridgehead atoms. The Morgan fingerprint density at radius 1 is 1.30 bits per heavy atom. The summed E-state index contributed by atoms with van der Waals surface area (Å²) in [6, 6.07) is -0.353. The highest BCUT2D eigenvalue weighted by molar-refractivity contribution is 7.07. The Bertz CT molecular complexity index is 573. The predicted molar refractivity (Wildman–Crippen MR) is 74.3 cm³/mol. The molecule has 2 amide bonds. The molecule has 3 rings (SSSR count). The van der Waals surface area contributed by atoms with Gasteiger partial charge in [0.1, 0.15) is 0 Å². The van der Waals surface area contributed by atoms with E-state index in [0.29, 0.717) is 6.54 Å². The van der Waals surface area contributed by atoms with E-state index in [-0.39, 0.29) is 29.1 Å². The molecule has 1 aromatic rings. The van der Waals surface area contributed by atoms with Crippen molar-refractivity contribution in [2.45, 2.75) is 50.7 Å². The van der Waals surface area contributed by atoms with Gasteiger partial charge in [-0.25, -0.2) is 0 Å². The second kappa shape index (κ2) is 5.49. The van der Waals surface area contributed by atoms with Gasteiger partial charge in [-0.2, -0.15) is 0 Å². The van der Waals surface area contributed by atoms with Gasteiger partial charge in [-0.3, -0.25) is 24.6 Å². The van der Waals surface area contributed by atoms with Crippen molar-refractivity contribution >= 4 is 23.2 Å². The molecule has 1 aliphatic heterocycles. The highest BCUT2D eigenvalue weighted by Crippen LogP contribution is 2.28. The first kappa shape index (κ1) is 13.5. The van der Waals surface area contributed by atoms with E-state index in [1.165, 1.54) is 4.90 Å². The van der Waals surface area contributed by atoms with Gasteiger partial charge in [0.2, 0.25) is 11.8 Å². The van der Waals surface area contributed by atoms with Crippen LogP contribution in [0.4, 0.5) is 0 Å². The number of nitrogens with zero attached hydrogens (tertiary/aromatic N) is 1. The maximum atomic E-state index is 12.3. The lowest BCUT2D eigenvalue weighted by atomic mass is 10.2. The summed E-state index contributed by atoms with van der Waals surface area (Å²) in [6.07, 6.45) is 4.28. The van der Waals surface area contributed by atoms with E-state index in [2.05, 4.69) is 10.3 Å². The van der Waals surface area contributed by atoms with Crippen molar-refractivity contribution in [2.75, 3.05) is 0 Å². The molecule has 20 heavy (non-hydrogen) atoms. The highest BCUT2D eigenvalue weighted by Gasteiger charge is 2.42. The number of hydrogen-bond acceptors (Lipinski definition) is 5. The van der Waals surface area contributed by atoms with Crippen LogP contribution in [0.25, 0.3) is 0 Å². The van der Waals surface area contributed by atoms with Gasteiger partial charge < -0.3 is 4.98 Å². The molecule has 1 saturated carbocycles. The minimum Gasteiger partial charge on any atom is -0.315 e. The third-order valence-corrected chi connectivity index (χ3v) is 4.70. The van der Waals surface area contributed by atoms with Gasteiger partial charge in [0, 0.05) is 23.7 Å². The molecule has 6 nitrogen and oxygen atoms in total. The van der Waals surface area contributed by atoms with Crippen molar-refractivity contribution in [3.8, 4) is 0 Å². The van der Waals surface area contributed by atoms with E-state index >= 15 is 0 Å². The first-order chi connectivity index (χ1) is 9.65. The maximum absolute atomic E-state index is 12.3. The van der Waals surface area contributed by atoms with Crippen molar-refractivity contribution < 1.29 is 9.59 Å². The summed E-state index contributed by atoms with van der Waals surface area (Å²) in [4.78, 5) is 39.4. The molecule has 2 fully saturated rings. The zero-order valence-corrected chi connectivity index (χ0v) is 11.9. The third-order valence-electron chi connectivity index (χ3n) is 3.98. The van der Waals surface area contributed by atoms with Gasteiger partial charge in [0.25, 0.3) is 0 Å². The van der Waals surface area contributed by atoms with Crippen LogP contribution in [0.2, 0.25) is 0 Å². The van der Waals surface area contributed by atoms with Gasteiger partial charge in [0.15, 0.2) is 0 Å². The molecule has 1 aromatic heterocycles. The summed E-state index contributed by atoms with van der Waals surface area (Å²) < 4.78 is 0. The van der Waals surface area contributed by atoms with Crippen LogP contribution in [0, 0.1) is 0 Å². The molecule has 2 N–H and O–H groups in total. The van der Waals surface area contributed by atoms with E-state index in [4.69, 9.17) is 0 Å². The second-order valence-electron chi connectivity index (χ2n) is 5.35. The summed E-state index contributed by atoms with van der Waals surface area (Å²) in [5.74, 6) is -0.183. The zero-order valence-electron chi connectivity index (χ0n) is 11.1. The minimum absolute atomic E-state index is 0.0711. The average molecular weight is 295 g/mol. The van der Waals surface area contributed by atoms with E-state index in [1.807, 2.05) is 0 Å². The Morgan fingerprint density at radius 2 is 2.05 bits per heavy atom. The molecule has 1 unspecified atom stereocenters. The fraction of sp³-hybridized carbons (Fsp3) is 0.615. The molecule has 7 heteroatoms. The van der Waals surface area contributed by atoms with Crippen molar-refractivity contribution in [3.63, 3.8) is 0 Å². The van der Waals surface area contributed by atoms with Crippen molar-refractivity contribution in [3.05, 3.63) is 20.7 Å². The number of thiazole rings is 1. The van der Waals surface area contributed by atoms with Crippen LogP contribution in [0.1, 0.15) is 37.8 Å². The summed E-state index contributed by atoms with van der Waals surface area (Å²) in [6.45, 7) is 0.404. The number of imide groups is 1. The van der Waals surface area contributed by atoms with Crippen LogP contribution in [-0.2, 0) is 16.1 Å². The quantitative estimate of drug-likeness (QED) is 0.797. The number of carbonyl (C=O) groups excluding carboxylic acids is 2. The topological polar surface area (TPSA) is 82.3 Å². The molecule has 0 spiro atoms.